The van der Waals surface area contributed by atoms with E-state index in [1.807, 2.05) is 0 Å². The number of alkyl halides is 3. The van der Waals surface area contributed by atoms with Crippen LogP contribution in [0, 0.1) is 5.82 Å². The summed E-state index contributed by atoms with van der Waals surface area (Å²) in [4.78, 5) is 10.7. The molecule has 0 bridgehead atoms. The van der Waals surface area contributed by atoms with Gasteiger partial charge in [-0.15, -0.1) is 0 Å². The smallest absolute Gasteiger partial charge is 0.390 e. The average molecular weight is 408 g/mol. The summed E-state index contributed by atoms with van der Waals surface area (Å²) in [5.41, 5.74) is -0.0325. The molecule has 11 heteroatoms. The molecule has 6 nitrogen and oxygen atoms in total. The number of aromatic hydroxyl groups is 1. The molecule has 148 valence electrons. The highest BCUT2D eigenvalue weighted by Crippen LogP contribution is 2.38. The molecule has 1 heterocycles. The molecule has 1 atom stereocenters. The van der Waals surface area contributed by atoms with E-state index in [1.54, 1.807) is 4.72 Å². The quantitative estimate of drug-likeness (QED) is 0.660. The van der Waals surface area contributed by atoms with Gasteiger partial charge in [0, 0.05) is 18.7 Å². The van der Waals surface area contributed by atoms with Gasteiger partial charge in [-0.2, -0.15) is 13.2 Å². The number of nitrogens with one attached hydrogen (secondary N) is 2. The van der Waals surface area contributed by atoms with Crippen LogP contribution in [0.25, 0.3) is 4.91 Å². The van der Waals surface area contributed by atoms with Crippen LogP contribution in [-0.4, -0.2) is 38.2 Å². The lowest BCUT2D eigenvalue weighted by molar-refractivity contribution is -0.133. The van der Waals surface area contributed by atoms with E-state index in [2.05, 4.69) is 5.32 Å². The van der Waals surface area contributed by atoms with Crippen LogP contribution in [0.4, 0.5) is 17.6 Å². The van der Waals surface area contributed by atoms with E-state index in [4.69, 9.17) is 0 Å². The van der Waals surface area contributed by atoms with Crippen molar-refractivity contribution < 1.29 is 35.9 Å². The van der Waals surface area contributed by atoms with Gasteiger partial charge in [0.2, 0.25) is 0 Å². The zero-order valence-corrected chi connectivity index (χ0v) is 14.7. The van der Waals surface area contributed by atoms with Gasteiger partial charge < -0.3 is 10.4 Å². The van der Waals surface area contributed by atoms with Crippen LogP contribution >= 0.6 is 0 Å². The fraction of sp³-hybridized carbons (Fsp3) is 0.438. The minimum Gasteiger partial charge on any atom is -0.507 e. The fourth-order valence-electron chi connectivity index (χ4n) is 3.30. The normalized spacial score (nSPS) is 21.6. The molecule has 0 radical (unpaired) electrons. The Kier molecular flexibility index (Phi) is 4.93. The molecular formula is C16H16F4N2O4S. The van der Waals surface area contributed by atoms with Crippen molar-refractivity contribution in [2.45, 2.75) is 37.9 Å². The van der Waals surface area contributed by atoms with Crippen LogP contribution in [0.15, 0.2) is 12.1 Å². The van der Waals surface area contributed by atoms with E-state index >= 15 is 4.39 Å². The predicted molar refractivity (Wildman–Crippen MR) is 87.6 cm³/mol. The Bertz CT molecular complexity index is 925. The lowest BCUT2D eigenvalue weighted by Gasteiger charge is -2.27. The van der Waals surface area contributed by atoms with Gasteiger partial charge in [-0.25, -0.2) is 17.5 Å². The zero-order chi connectivity index (χ0) is 20.0. The van der Waals surface area contributed by atoms with Crippen molar-refractivity contribution >= 4 is 20.8 Å². The molecular weight excluding hydrogens is 392 g/mol. The summed E-state index contributed by atoms with van der Waals surface area (Å²) >= 11 is 0. The Balaban J connectivity index is 1.89. The molecule has 0 saturated carbocycles. The summed E-state index contributed by atoms with van der Waals surface area (Å²) < 4.78 is 77.4. The Morgan fingerprint density at radius 1 is 1.33 bits per heavy atom. The maximum absolute atomic E-state index is 15.0. The third-order valence-electron chi connectivity index (χ3n) is 4.53. The van der Waals surface area contributed by atoms with Gasteiger partial charge in [0.1, 0.15) is 16.5 Å². The first-order valence-corrected chi connectivity index (χ1v) is 9.58. The first-order valence-electron chi connectivity index (χ1n) is 8.10. The summed E-state index contributed by atoms with van der Waals surface area (Å²) in [6, 6.07) is 0.819. The SMILES string of the molecule is O=C1C=C(c2c(O)cc3c(c2F)CC(NCCC(F)(F)F)CC3)S(=O)(=O)N1. The first kappa shape index (κ1) is 19.6. The van der Waals surface area contributed by atoms with Gasteiger partial charge in [-0.05, 0) is 36.5 Å². The summed E-state index contributed by atoms with van der Waals surface area (Å²) in [5, 5.41) is 12.8. The minimum absolute atomic E-state index is 0.0427. The van der Waals surface area contributed by atoms with Crippen LogP contribution in [0.1, 0.15) is 29.5 Å². The van der Waals surface area contributed by atoms with Crippen molar-refractivity contribution in [2.24, 2.45) is 0 Å². The number of amides is 1. The lowest BCUT2D eigenvalue weighted by Crippen LogP contribution is -2.37. The number of phenolic OH excluding ortho intramolecular Hbond substituents is 1. The standard InChI is InChI=1S/C16H16F4N2O4S/c17-15-10-6-9(21-4-3-16(18,19)20)2-1-8(10)5-11(23)14(15)12-7-13(24)22-27(12,25)26/h5,7,9,21,23H,1-4,6H2,(H,22,24). The van der Waals surface area contributed by atoms with Gasteiger partial charge in [0.25, 0.3) is 15.9 Å². The molecule has 3 rings (SSSR count). The van der Waals surface area contributed by atoms with Crippen molar-refractivity contribution in [3.8, 4) is 5.75 Å². The van der Waals surface area contributed by atoms with Gasteiger partial charge in [0.05, 0.1) is 12.0 Å². The molecule has 27 heavy (non-hydrogen) atoms. The number of carbonyl (C=O) groups is 1. The highest BCUT2D eigenvalue weighted by atomic mass is 32.2. The van der Waals surface area contributed by atoms with Crippen molar-refractivity contribution in [1.29, 1.82) is 0 Å². The topological polar surface area (TPSA) is 95.5 Å². The lowest BCUT2D eigenvalue weighted by atomic mass is 9.86. The number of fused-ring (bicyclic) bond motifs is 1. The van der Waals surface area contributed by atoms with E-state index in [0.29, 0.717) is 24.5 Å². The molecule has 0 fully saturated rings. The van der Waals surface area contributed by atoms with Crippen molar-refractivity contribution in [2.75, 3.05) is 6.54 Å². The highest BCUT2D eigenvalue weighted by Gasteiger charge is 2.35. The number of hydrogen-bond donors (Lipinski definition) is 3. The Labute approximate surface area is 152 Å². The second-order valence-electron chi connectivity index (χ2n) is 6.46. The number of benzene rings is 1. The summed E-state index contributed by atoms with van der Waals surface area (Å²) in [7, 11) is -4.28. The zero-order valence-electron chi connectivity index (χ0n) is 13.9. The molecule has 1 aromatic carbocycles. The number of rotatable bonds is 4. The second kappa shape index (κ2) is 6.79. The third kappa shape index (κ3) is 4.08. The van der Waals surface area contributed by atoms with Crippen molar-refractivity contribution in [3.05, 3.63) is 34.6 Å². The van der Waals surface area contributed by atoms with E-state index < -0.39 is 56.6 Å². The monoisotopic (exact) mass is 408 g/mol. The number of carbonyl (C=O) groups excluding carboxylic acids is 1. The molecule has 2 aliphatic rings. The third-order valence-corrected chi connectivity index (χ3v) is 5.90. The molecule has 1 aliphatic heterocycles. The highest BCUT2D eigenvalue weighted by molar-refractivity contribution is 8.00. The number of halogens is 4. The van der Waals surface area contributed by atoms with Gasteiger partial charge in [-0.3, -0.25) is 4.79 Å². The Morgan fingerprint density at radius 2 is 2.04 bits per heavy atom. The summed E-state index contributed by atoms with van der Waals surface area (Å²) in [6.07, 6.45) is -3.83. The molecule has 1 unspecified atom stereocenters. The number of aryl methyl sites for hydroxylation is 1. The van der Waals surface area contributed by atoms with Crippen LogP contribution in [0.2, 0.25) is 0 Å². The van der Waals surface area contributed by atoms with Gasteiger partial charge >= 0.3 is 6.18 Å². The Hall–Kier alpha value is -2.14. The second-order valence-corrected chi connectivity index (χ2v) is 8.11. The molecule has 0 aromatic heterocycles. The molecule has 0 saturated heterocycles. The average Bonchev–Trinajstić information content (AvgIpc) is 2.79. The first-order chi connectivity index (χ1) is 12.5. The number of sulfonamides is 1. The van der Waals surface area contributed by atoms with Crippen LogP contribution in [0.5, 0.6) is 5.75 Å². The molecule has 1 aliphatic carbocycles. The number of hydrogen-bond acceptors (Lipinski definition) is 5. The van der Waals surface area contributed by atoms with E-state index in [0.717, 1.165) is 0 Å². The molecule has 1 aromatic rings. The summed E-state index contributed by atoms with van der Waals surface area (Å²) in [6.45, 7) is -0.311. The van der Waals surface area contributed by atoms with E-state index in [-0.39, 0.29) is 18.5 Å². The van der Waals surface area contributed by atoms with Crippen molar-refractivity contribution in [3.63, 3.8) is 0 Å². The van der Waals surface area contributed by atoms with Gasteiger partial charge in [-0.1, -0.05) is 0 Å². The number of phenols is 1. The molecule has 3 N–H and O–H groups in total. The van der Waals surface area contributed by atoms with Gasteiger partial charge in [0.15, 0.2) is 0 Å². The van der Waals surface area contributed by atoms with Crippen LogP contribution in [-0.2, 0) is 27.7 Å². The van der Waals surface area contributed by atoms with Crippen LogP contribution in [0.3, 0.4) is 0 Å². The maximum Gasteiger partial charge on any atom is 0.390 e. The predicted octanol–water partition coefficient (Wildman–Crippen LogP) is 1.73. The minimum atomic E-state index is -4.30. The summed E-state index contributed by atoms with van der Waals surface area (Å²) in [5.74, 6) is -2.55. The maximum atomic E-state index is 15.0. The van der Waals surface area contributed by atoms with Crippen LogP contribution < -0.4 is 10.0 Å². The molecule has 0 spiro atoms. The van der Waals surface area contributed by atoms with E-state index in [1.165, 1.54) is 6.07 Å². The van der Waals surface area contributed by atoms with Crippen molar-refractivity contribution in [1.82, 2.24) is 10.0 Å². The fourth-order valence-corrected chi connectivity index (χ4v) is 4.46. The largest absolute Gasteiger partial charge is 0.507 e. The van der Waals surface area contributed by atoms with E-state index in [9.17, 15) is 31.5 Å². The molecule has 1 amide bonds. The Morgan fingerprint density at radius 3 is 2.63 bits per heavy atom.